The van der Waals surface area contributed by atoms with E-state index in [0.29, 0.717) is 22.9 Å². The minimum atomic E-state index is -3.99. The van der Waals surface area contributed by atoms with Crippen molar-refractivity contribution in [2.75, 3.05) is 29.9 Å². The third-order valence-electron chi connectivity index (χ3n) is 6.14. The molecule has 33 heavy (non-hydrogen) atoms. The minimum absolute atomic E-state index is 0.0844. The zero-order valence-corrected chi connectivity index (χ0v) is 19.0. The summed E-state index contributed by atoms with van der Waals surface area (Å²) in [6, 6.07) is 11.6. The number of hydrogen-bond acceptors (Lipinski definition) is 7. The summed E-state index contributed by atoms with van der Waals surface area (Å²) in [6.07, 6.45) is 4.96. The van der Waals surface area contributed by atoms with Gasteiger partial charge in [-0.15, -0.1) is 0 Å². The fraction of sp³-hybridized carbons (Fsp3) is 0.391. The van der Waals surface area contributed by atoms with Crippen molar-refractivity contribution in [3.63, 3.8) is 0 Å². The zero-order valence-electron chi connectivity index (χ0n) is 18.2. The van der Waals surface area contributed by atoms with Gasteiger partial charge in [-0.3, -0.25) is 9.69 Å². The molecule has 2 fully saturated rings. The van der Waals surface area contributed by atoms with Crippen molar-refractivity contribution in [3.05, 3.63) is 42.5 Å². The third-order valence-corrected chi connectivity index (χ3v) is 7.40. The van der Waals surface area contributed by atoms with Crippen LogP contribution in [-0.4, -0.2) is 50.5 Å². The quantitative estimate of drug-likeness (QED) is 0.326. The number of aromatic nitrogens is 2. The summed E-state index contributed by atoms with van der Waals surface area (Å²) >= 11 is 0. The van der Waals surface area contributed by atoms with Gasteiger partial charge in [-0.2, -0.15) is 8.42 Å². The lowest BCUT2D eigenvalue weighted by Crippen LogP contribution is -2.31. The molecule has 1 saturated heterocycles. The summed E-state index contributed by atoms with van der Waals surface area (Å²) in [4.78, 5) is 20.5. The Kier molecular flexibility index (Phi) is 5.94. The Hall–Kier alpha value is -3.11. The maximum atomic E-state index is 12.8. The number of piperidine rings is 1. The number of carbonyl (C=O) groups is 1. The molecule has 1 amide bonds. The molecule has 1 saturated carbocycles. The molecule has 0 atom stereocenters. The van der Waals surface area contributed by atoms with E-state index in [4.69, 9.17) is 4.18 Å². The number of imidazole rings is 1. The van der Waals surface area contributed by atoms with Crippen molar-refractivity contribution in [2.45, 2.75) is 36.6 Å². The van der Waals surface area contributed by atoms with Gasteiger partial charge in [0.2, 0.25) is 12.4 Å². The predicted octanol–water partition coefficient (Wildman–Crippen LogP) is 2.87. The van der Waals surface area contributed by atoms with Gasteiger partial charge < -0.3 is 19.8 Å². The van der Waals surface area contributed by atoms with Crippen LogP contribution in [0.4, 0.5) is 11.6 Å². The number of aromatic amines is 1. The number of fused-ring (bicyclic) bond motifs is 1. The highest BCUT2D eigenvalue weighted by atomic mass is 32.2. The van der Waals surface area contributed by atoms with Crippen LogP contribution < -0.4 is 19.7 Å². The van der Waals surface area contributed by atoms with Crippen LogP contribution >= 0.6 is 0 Å². The van der Waals surface area contributed by atoms with Crippen molar-refractivity contribution in [3.8, 4) is 5.75 Å². The Balaban J connectivity index is 1.26. The molecule has 2 aromatic carbocycles. The molecular formula is C23H27N5O4S. The summed E-state index contributed by atoms with van der Waals surface area (Å²) in [7, 11) is -3.99. The highest BCUT2D eigenvalue weighted by Gasteiger charge is 2.31. The van der Waals surface area contributed by atoms with Gasteiger partial charge in [-0.05, 0) is 81.1 Å². The lowest BCUT2D eigenvalue weighted by molar-refractivity contribution is -0.107. The monoisotopic (exact) mass is 469 g/mol. The highest BCUT2D eigenvalue weighted by Crippen LogP contribution is 2.31. The molecule has 9 nitrogen and oxygen atoms in total. The summed E-state index contributed by atoms with van der Waals surface area (Å²) in [6.45, 7) is 2.96. The molecule has 2 aliphatic rings. The number of rotatable bonds is 9. The van der Waals surface area contributed by atoms with Gasteiger partial charge in [0.1, 0.15) is 10.6 Å². The van der Waals surface area contributed by atoms with Crippen LogP contribution in [0.1, 0.15) is 25.7 Å². The molecule has 2 heterocycles. The normalized spacial score (nSPS) is 17.1. The Morgan fingerprint density at radius 2 is 1.85 bits per heavy atom. The second-order valence-electron chi connectivity index (χ2n) is 8.62. The van der Waals surface area contributed by atoms with Gasteiger partial charge in [0.15, 0.2) is 0 Å². The van der Waals surface area contributed by atoms with E-state index in [1.54, 1.807) is 47.4 Å². The standard InChI is InChI=1S/C23H27N5O4S/c29-15-28(18-3-4-18)23-26-21-8-5-19(13-22(21)27-23)32-33(30,31)20-6-1-17(2-7-20)25-14-16-9-11-24-12-10-16/h1-2,5-8,13,15-16,18,24-25H,3-4,9-12,14H2,(H,26,27). The number of benzene rings is 2. The minimum Gasteiger partial charge on any atom is -0.385 e. The van der Waals surface area contributed by atoms with E-state index in [1.807, 2.05) is 0 Å². The fourth-order valence-electron chi connectivity index (χ4n) is 4.07. The first-order valence-corrected chi connectivity index (χ1v) is 12.7. The number of anilines is 2. The Bertz CT molecular complexity index is 1230. The van der Waals surface area contributed by atoms with Gasteiger partial charge in [-0.25, -0.2) is 4.98 Å². The fourth-order valence-corrected chi connectivity index (χ4v) is 5.00. The molecule has 5 rings (SSSR count). The molecule has 1 aromatic heterocycles. The molecule has 10 heteroatoms. The van der Waals surface area contributed by atoms with Crippen LogP contribution in [0.2, 0.25) is 0 Å². The SMILES string of the molecule is O=CN(c1nc2ccc(OS(=O)(=O)c3ccc(NCC4CCNCC4)cc3)cc2[nH]1)C1CC1. The van der Waals surface area contributed by atoms with E-state index in [1.165, 1.54) is 0 Å². The Morgan fingerprint density at radius 3 is 2.55 bits per heavy atom. The molecule has 0 bridgehead atoms. The van der Waals surface area contributed by atoms with Gasteiger partial charge >= 0.3 is 10.1 Å². The van der Waals surface area contributed by atoms with E-state index in [-0.39, 0.29) is 16.7 Å². The Morgan fingerprint density at radius 1 is 1.09 bits per heavy atom. The number of hydrogen-bond donors (Lipinski definition) is 3. The first-order valence-electron chi connectivity index (χ1n) is 11.2. The molecule has 3 aromatic rings. The summed E-state index contributed by atoms with van der Waals surface area (Å²) < 4.78 is 30.9. The van der Waals surface area contributed by atoms with Crippen LogP contribution in [0, 0.1) is 5.92 Å². The number of nitrogens with one attached hydrogen (secondary N) is 3. The second kappa shape index (κ2) is 9.03. The molecule has 0 spiro atoms. The number of amides is 1. The van der Waals surface area contributed by atoms with Crippen molar-refractivity contribution in [2.24, 2.45) is 5.92 Å². The van der Waals surface area contributed by atoms with Crippen LogP contribution in [0.15, 0.2) is 47.4 Å². The zero-order chi connectivity index (χ0) is 22.8. The first-order chi connectivity index (χ1) is 16.0. The van der Waals surface area contributed by atoms with Crippen LogP contribution in [0.5, 0.6) is 5.75 Å². The third kappa shape index (κ3) is 4.96. The van der Waals surface area contributed by atoms with Gasteiger partial charge in [0.25, 0.3) is 0 Å². The summed E-state index contributed by atoms with van der Waals surface area (Å²) in [5, 5.41) is 6.74. The number of nitrogens with zero attached hydrogens (tertiary/aromatic N) is 2. The molecule has 1 aliphatic heterocycles. The van der Waals surface area contributed by atoms with Crippen LogP contribution in [0.25, 0.3) is 11.0 Å². The first kappa shape index (κ1) is 21.7. The summed E-state index contributed by atoms with van der Waals surface area (Å²) in [5.74, 6) is 1.25. The highest BCUT2D eigenvalue weighted by molar-refractivity contribution is 7.87. The van der Waals surface area contributed by atoms with Crippen LogP contribution in [0.3, 0.4) is 0 Å². The van der Waals surface area contributed by atoms with Gasteiger partial charge in [0.05, 0.1) is 11.0 Å². The van der Waals surface area contributed by atoms with Crippen LogP contribution in [-0.2, 0) is 14.9 Å². The maximum absolute atomic E-state index is 12.8. The largest absolute Gasteiger partial charge is 0.385 e. The van der Waals surface area contributed by atoms with E-state index in [9.17, 15) is 13.2 Å². The molecule has 3 N–H and O–H groups in total. The van der Waals surface area contributed by atoms with Gasteiger partial charge in [0, 0.05) is 24.3 Å². The van der Waals surface area contributed by atoms with Gasteiger partial charge in [-0.1, -0.05) is 0 Å². The smallest absolute Gasteiger partial charge is 0.339 e. The van der Waals surface area contributed by atoms with E-state index in [0.717, 1.165) is 57.4 Å². The van der Waals surface area contributed by atoms with Crippen molar-refractivity contribution in [1.82, 2.24) is 15.3 Å². The van der Waals surface area contributed by atoms with Crippen molar-refractivity contribution >= 4 is 39.2 Å². The molecular weight excluding hydrogens is 442 g/mol. The molecule has 174 valence electrons. The molecule has 0 radical (unpaired) electrons. The lowest BCUT2D eigenvalue weighted by Gasteiger charge is -2.23. The van der Waals surface area contributed by atoms with E-state index < -0.39 is 10.1 Å². The predicted molar refractivity (Wildman–Crippen MR) is 126 cm³/mol. The molecule has 1 aliphatic carbocycles. The van der Waals surface area contributed by atoms with E-state index >= 15 is 0 Å². The number of carbonyl (C=O) groups excluding carboxylic acids is 1. The topological polar surface area (TPSA) is 116 Å². The second-order valence-corrected chi connectivity index (χ2v) is 10.2. The van der Waals surface area contributed by atoms with E-state index in [2.05, 4.69) is 20.6 Å². The summed E-state index contributed by atoms with van der Waals surface area (Å²) in [5.41, 5.74) is 2.11. The average molecular weight is 470 g/mol. The van der Waals surface area contributed by atoms with Crippen molar-refractivity contribution < 1.29 is 17.4 Å². The lowest BCUT2D eigenvalue weighted by atomic mass is 9.98. The average Bonchev–Trinajstić information content (AvgIpc) is 3.57. The maximum Gasteiger partial charge on any atom is 0.339 e. The van der Waals surface area contributed by atoms with Crippen molar-refractivity contribution in [1.29, 1.82) is 0 Å². The Labute approximate surface area is 192 Å². The number of H-pyrrole nitrogens is 1. The molecule has 0 unspecified atom stereocenters.